The summed E-state index contributed by atoms with van der Waals surface area (Å²) in [7, 11) is 0. The molecule has 1 unspecified atom stereocenters. The number of carbonyl (C=O) groups excluding carboxylic acids is 1. The number of nitrogens with zero attached hydrogens (tertiary/aromatic N) is 1. The summed E-state index contributed by atoms with van der Waals surface area (Å²) in [5, 5.41) is 2.83. The third-order valence-corrected chi connectivity index (χ3v) is 2.30. The van der Waals surface area contributed by atoms with E-state index >= 15 is 0 Å². The molecule has 1 amide bonds. The van der Waals surface area contributed by atoms with Crippen LogP contribution in [0.15, 0.2) is 24.5 Å². The largest absolute Gasteiger partial charge is 0.354 e. The van der Waals surface area contributed by atoms with Crippen LogP contribution in [0.4, 0.5) is 0 Å². The lowest BCUT2D eigenvalue weighted by Crippen LogP contribution is -2.46. The van der Waals surface area contributed by atoms with Crippen molar-refractivity contribution >= 4 is 5.91 Å². The fourth-order valence-electron chi connectivity index (χ4n) is 1.25. The first-order valence-corrected chi connectivity index (χ1v) is 5.37. The van der Waals surface area contributed by atoms with Gasteiger partial charge in [-0.2, -0.15) is 0 Å². The third kappa shape index (κ3) is 3.98. The third-order valence-electron chi connectivity index (χ3n) is 2.30. The minimum absolute atomic E-state index is 0.0217. The van der Waals surface area contributed by atoms with Crippen molar-refractivity contribution in [3.63, 3.8) is 0 Å². The van der Waals surface area contributed by atoms with Crippen LogP contribution in [0.2, 0.25) is 0 Å². The average Bonchev–Trinajstić information content (AvgIpc) is 2.25. The molecular formula is C12H19N3O. The van der Waals surface area contributed by atoms with Gasteiger partial charge in [-0.25, -0.2) is 0 Å². The van der Waals surface area contributed by atoms with Gasteiger partial charge in [0.15, 0.2) is 0 Å². The molecule has 1 rings (SSSR count). The number of amides is 1. The van der Waals surface area contributed by atoms with Gasteiger partial charge in [0.1, 0.15) is 0 Å². The molecule has 4 nitrogen and oxygen atoms in total. The van der Waals surface area contributed by atoms with Crippen LogP contribution in [-0.2, 0) is 4.79 Å². The topological polar surface area (TPSA) is 68.0 Å². The van der Waals surface area contributed by atoms with Gasteiger partial charge < -0.3 is 11.1 Å². The Bertz CT molecular complexity index is 343. The second-order valence-corrected chi connectivity index (χ2v) is 4.71. The molecule has 1 atom stereocenters. The molecule has 0 spiro atoms. The first-order valence-electron chi connectivity index (χ1n) is 5.37. The normalized spacial score (nSPS) is 13.2. The molecular weight excluding hydrogens is 202 g/mol. The lowest BCUT2D eigenvalue weighted by molar-refractivity contribution is -0.122. The fourth-order valence-corrected chi connectivity index (χ4v) is 1.25. The van der Waals surface area contributed by atoms with E-state index in [4.69, 9.17) is 5.73 Å². The highest BCUT2D eigenvalue weighted by atomic mass is 16.1. The SMILES string of the molecule is CC(C(=O)NCC(C)(C)N)c1cccnc1. The van der Waals surface area contributed by atoms with Gasteiger partial charge in [-0.1, -0.05) is 6.07 Å². The standard InChI is InChI=1S/C12H19N3O/c1-9(10-5-4-6-14-7-10)11(16)15-8-12(2,3)13/h4-7,9H,8,13H2,1-3H3,(H,15,16). The number of rotatable bonds is 4. The van der Waals surface area contributed by atoms with Gasteiger partial charge in [-0.05, 0) is 32.4 Å². The molecule has 1 aromatic heterocycles. The molecule has 0 saturated heterocycles. The lowest BCUT2D eigenvalue weighted by atomic mass is 10.0. The summed E-state index contributed by atoms with van der Waals surface area (Å²) >= 11 is 0. The number of nitrogens with one attached hydrogen (secondary N) is 1. The fraction of sp³-hybridized carbons (Fsp3) is 0.500. The Morgan fingerprint density at radius 2 is 2.31 bits per heavy atom. The maximum Gasteiger partial charge on any atom is 0.227 e. The Morgan fingerprint density at radius 3 is 2.81 bits per heavy atom. The zero-order valence-corrected chi connectivity index (χ0v) is 10.0. The lowest BCUT2D eigenvalue weighted by Gasteiger charge is -2.20. The maximum atomic E-state index is 11.8. The molecule has 16 heavy (non-hydrogen) atoms. The summed E-state index contributed by atoms with van der Waals surface area (Å²) < 4.78 is 0. The van der Waals surface area contributed by atoms with E-state index in [1.54, 1.807) is 12.4 Å². The highest BCUT2D eigenvalue weighted by Crippen LogP contribution is 2.13. The van der Waals surface area contributed by atoms with Crippen molar-refractivity contribution < 1.29 is 4.79 Å². The summed E-state index contributed by atoms with van der Waals surface area (Å²) in [5.74, 6) is -0.220. The van der Waals surface area contributed by atoms with Crippen molar-refractivity contribution in [3.05, 3.63) is 30.1 Å². The van der Waals surface area contributed by atoms with E-state index in [0.29, 0.717) is 6.54 Å². The zero-order valence-electron chi connectivity index (χ0n) is 10.0. The summed E-state index contributed by atoms with van der Waals surface area (Å²) in [4.78, 5) is 15.8. The van der Waals surface area contributed by atoms with Crippen molar-refractivity contribution in [1.29, 1.82) is 0 Å². The molecule has 1 heterocycles. The van der Waals surface area contributed by atoms with Crippen LogP contribution in [0.1, 0.15) is 32.3 Å². The number of hydrogen-bond donors (Lipinski definition) is 2. The van der Waals surface area contributed by atoms with Crippen LogP contribution in [0.5, 0.6) is 0 Å². The summed E-state index contributed by atoms with van der Waals surface area (Å²) in [5.41, 5.74) is 6.32. The monoisotopic (exact) mass is 221 g/mol. The highest BCUT2D eigenvalue weighted by Gasteiger charge is 2.18. The van der Waals surface area contributed by atoms with Gasteiger partial charge in [0.05, 0.1) is 5.92 Å². The van der Waals surface area contributed by atoms with Gasteiger partial charge in [-0.15, -0.1) is 0 Å². The van der Waals surface area contributed by atoms with Crippen molar-refractivity contribution in [2.24, 2.45) is 5.73 Å². The highest BCUT2D eigenvalue weighted by molar-refractivity contribution is 5.83. The Morgan fingerprint density at radius 1 is 1.62 bits per heavy atom. The van der Waals surface area contributed by atoms with E-state index in [-0.39, 0.29) is 17.4 Å². The summed E-state index contributed by atoms with van der Waals surface area (Å²) in [6.45, 7) is 6.08. The minimum atomic E-state index is -0.385. The molecule has 0 aliphatic heterocycles. The summed E-state index contributed by atoms with van der Waals surface area (Å²) in [6.07, 6.45) is 3.40. The van der Waals surface area contributed by atoms with Crippen LogP contribution in [-0.4, -0.2) is 23.0 Å². The van der Waals surface area contributed by atoms with E-state index in [1.807, 2.05) is 32.9 Å². The van der Waals surface area contributed by atoms with Crippen LogP contribution in [0.25, 0.3) is 0 Å². The molecule has 0 saturated carbocycles. The van der Waals surface area contributed by atoms with E-state index in [9.17, 15) is 4.79 Å². The van der Waals surface area contributed by atoms with E-state index in [1.165, 1.54) is 0 Å². The first kappa shape index (κ1) is 12.6. The smallest absolute Gasteiger partial charge is 0.227 e. The van der Waals surface area contributed by atoms with Crippen LogP contribution < -0.4 is 11.1 Å². The molecule has 0 aromatic carbocycles. The summed E-state index contributed by atoms with van der Waals surface area (Å²) in [6, 6.07) is 3.72. The molecule has 88 valence electrons. The molecule has 0 radical (unpaired) electrons. The van der Waals surface area contributed by atoms with E-state index < -0.39 is 0 Å². The van der Waals surface area contributed by atoms with Gasteiger partial charge >= 0.3 is 0 Å². The first-order chi connectivity index (χ1) is 7.40. The quantitative estimate of drug-likeness (QED) is 0.798. The van der Waals surface area contributed by atoms with Crippen molar-refractivity contribution in [2.75, 3.05) is 6.54 Å². The van der Waals surface area contributed by atoms with Crippen LogP contribution in [0, 0.1) is 0 Å². The number of carbonyl (C=O) groups is 1. The van der Waals surface area contributed by atoms with Crippen molar-refractivity contribution in [1.82, 2.24) is 10.3 Å². The Kier molecular flexibility index (Phi) is 4.01. The predicted octanol–water partition coefficient (Wildman–Crippen LogP) is 1.04. The van der Waals surface area contributed by atoms with Gasteiger partial charge in [-0.3, -0.25) is 9.78 Å². The second-order valence-electron chi connectivity index (χ2n) is 4.71. The van der Waals surface area contributed by atoms with Gasteiger partial charge in [0.25, 0.3) is 0 Å². The average molecular weight is 221 g/mol. The van der Waals surface area contributed by atoms with Crippen LogP contribution in [0.3, 0.4) is 0 Å². The zero-order chi connectivity index (χ0) is 12.2. The molecule has 3 N–H and O–H groups in total. The second kappa shape index (κ2) is 5.07. The number of hydrogen-bond acceptors (Lipinski definition) is 3. The number of pyridine rings is 1. The molecule has 0 aliphatic rings. The predicted molar refractivity (Wildman–Crippen MR) is 63.9 cm³/mol. The van der Waals surface area contributed by atoms with Gasteiger partial charge in [0, 0.05) is 24.5 Å². The van der Waals surface area contributed by atoms with E-state index in [2.05, 4.69) is 10.3 Å². The molecule has 4 heteroatoms. The number of aromatic nitrogens is 1. The molecule has 0 bridgehead atoms. The maximum absolute atomic E-state index is 11.8. The molecule has 0 aliphatic carbocycles. The minimum Gasteiger partial charge on any atom is -0.354 e. The number of nitrogens with two attached hydrogens (primary N) is 1. The van der Waals surface area contributed by atoms with E-state index in [0.717, 1.165) is 5.56 Å². The molecule has 1 aromatic rings. The van der Waals surface area contributed by atoms with Crippen molar-refractivity contribution in [3.8, 4) is 0 Å². The Labute approximate surface area is 96.3 Å². The van der Waals surface area contributed by atoms with Crippen LogP contribution >= 0.6 is 0 Å². The Hall–Kier alpha value is -1.42. The Balaban J connectivity index is 2.55. The molecule has 0 fully saturated rings. The van der Waals surface area contributed by atoms with Crippen molar-refractivity contribution in [2.45, 2.75) is 32.2 Å². The van der Waals surface area contributed by atoms with Gasteiger partial charge in [0.2, 0.25) is 5.91 Å².